The normalized spacial score (nSPS) is 13.1. The molecule has 0 bridgehead atoms. The molecule has 0 radical (unpaired) electrons. The number of hydrogen-bond donors (Lipinski definition) is 4. The van der Waals surface area contributed by atoms with Gasteiger partial charge in [-0.05, 0) is 276 Å². The maximum absolute atomic E-state index is 9.43. The molecule has 4 N–H and O–H groups in total. The van der Waals surface area contributed by atoms with E-state index in [1.54, 1.807) is 6.07 Å². The van der Waals surface area contributed by atoms with E-state index in [0.29, 0.717) is 5.46 Å². The molecular weight excluding hydrogens is 1800 g/mol. The van der Waals surface area contributed by atoms with Crippen LogP contribution < -0.4 is 10.9 Å². The van der Waals surface area contributed by atoms with Gasteiger partial charge >= 0.3 is 14.2 Å². The van der Waals surface area contributed by atoms with E-state index in [1.807, 2.05) is 48.5 Å². The Balaban J connectivity index is 0.0000000944. The van der Waals surface area contributed by atoms with Crippen LogP contribution in [0.25, 0.3) is 198 Å². The van der Waals surface area contributed by atoms with Crippen LogP contribution in [0.3, 0.4) is 0 Å². The van der Waals surface area contributed by atoms with Crippen LogP contribution in [0.2, 0.25) is 0 Å². The molecule has 10 nitrogen and oxygen atoms in total. The molecule has 7 heterocycles. The highest BCUT2D eigenvalue weighted by Gasteiger charge is 2.52. The van der Waals surface area contributed by atoms with Crippen LogP contribution in [0.4, 0.5) is 0 Å². The zero-order valence-corrected chi connectivity index (χ0v) is 80.9. The van der Waals surface area contributed by atoms with Crippen molar-refractivity contribution in [2.75, 3.05) is 0 Å². The summed E-state index contributed by atoms with van der Waals surface area (Å²) in [5.74, 6) is 0. The van der Waals surface area contributed by atoms with Gasteiger partial charge in [-0.3, -0.25) is 0 Å². The van der Waals surface area contributed by atoms with E-state index in [0.717, 1.165) is 56.0 Å². The zero-order valence-electron chi connectivity index (χ0n) is 79.3. The average Bonchev–Trinajstić information content (AvgIpc) is 1.63. The number of benzene rings is 20. The highest BCUT2D eigenvalue weighted by Crippen LogP contribution is 2.46. The Hall–Kier alpha value is -16.4. The summed E-state index contributed by atoms with van der Waals surface area (Å²) in [6.07, 6.45) is 2.19. The number of aromatic amines is 2. The number of rotatable bonds is 8. The van der Waals surface area contributed by atoms with Crippen molar-refractivity contribution in [1.29, 1.82) is 0 Å². The number of hydrogen-bond acceptors (Lipinski definition) is 4. The van der Waals surface area contributed by atoms with Gasteiger partial charge in [0.1, 0.15) is 0 Å². The number of halogens is 1. The Morgan fingerprint density at radius 2 is 0.655 bits per heavy atom. The number of aryl methyl sites for hydroxylation is 1. The van der Waals surface area contributed by atoms with Crippen molar-refractivity contribution in [3.8, 4) is 67.3 Å². The van der Waals surface area contributed by atoms with Crippen LogP contribution in [0.15, 0.2) is 466 Å². The molecule has 142 heavy (non-hydrogen) atoms. The molecular formula is C129H99B2BrN6O4. The van der Waals surface area contributed by atoms with Gasteiger partial charge in [-0.2, -0.15) is 0 Å². The van der Waals surface area contributed by atoms with E-state index in [9.17, 15) is 10.0 Å². The summed E-state index contributed by atoms with van der Waals surface area (Å²) in [7, 11) is -1.82. The molecule has 0 amide bonds. The first-order valence-electron chi connectivity index (χ1n) is 48.7. The quantitative estimate of drug-likeness (QED) is 0.114. The third kappa shape index (κ3) is 16.0. The van der Waals surface area contributed by atoms with E-state index in [4.69, 9.17) is 9.31 Å². The maximum Gasteiger partial charge on any atom is 0.494 e. The summed E-state index contributed by atoms with van der Waals surface area (Å²) in [4.78, 5) is 7.11. The van der Waals surface area contributed by atoms with Gasteiger partial charge in [0.2, 0.25) is 0 Å². The van der Waals surface area contributed by atoms with Gasteiger partial charge in [0, 0.05) is 114 Å². The number of H-pyrrole nitrogens is 2. The highest BCUT2D eigenvalue weighted by molar-refractivity contribution is 9.10. The molecule has 0 spiro atoms. The maximum atomic E-state index is 9.43. The molecule has 682 valence electrons. The predicted octanol–water partition coefficient (Wildman–Crippen LogP) is 31.3. The minimum Gasteiger partial charge on any atom is -0.423 e. The lowest BCUT2D eigenvalue weighted by atomic mass is 9.79. The van der Waals surface area contributed by atoms with Crippen molar-refractivity contribution < 1.29 is 19.4 Å². The van der Waals surface area contributed by atoms with Gasteiger partial charge in [0.05, 0.1) is 55.3 Å². The van der Waals surface area contributed by atoms with Gasteiger partial charge in [-0.15, -0.1) is 0 Å². The van der Waals surface area contributed by atoms with Crippen LogP contribution in [0.1, 0.15) is 55.5 Å². The topological polar surface area (TPSA) is 110 Å². The fourth-order valence-electron chi connectivity index (χ4n) is 21.6. The van der Waals surface area contributed by atoms with Gasteiger partial charge in [0.15, 0.2) is 0 Å². The van der Waals surface area contributed by atoms with Crippen LogP contribution in [-0.4, -0.2) is 63.7 Å². The molecule has 0 atom stereocenters. The Kier molecular flexibility index (Phi) is 22.9. The van der Waals surface area contributed by atoms with E-state index in [1.165, 1.54) is 193 Å². The average molecular weight is 1900 g/mol. The van der Waals surface area contributed by atoms with E-state index < -0.39 is 7.12 Å². The molecule has 0 saturated carbocycles. The molecule has 26 aromatic rings. The standard InChI is InChI=1S/2C30H20N2.C24H24BNO2.C18H14BNO2.C14H12.C13H9Br/c1-2-9-21(10-3-1)32-28-16-7-5-11-23(28)24-18-17-20(19-29(24)32)22-13-8-15-27-30(22)25-12-4-6-14-26(25)31-27;1-2-8-22(9-3-1)32-29-13-7-5-11-24(29)26-19-21(15-17-30(26)32)20-14-16-28-25(18-20)23-10-4-6-12-27(23)31-28;1-23(2)24(3,4)28-25(27-23)17-14-15-20-19-12-8-9-13-21(19)26(22(20)16-17)18-10-6-5-7-11-18;21-19(22)13-10-11-18-16(12-13)15-8-4-5-9-17(15)20(18)14-6-2-1-3-7-14;1-10-5-4-7-12-9-11-6-2-3-8-13(11)14(10)12;14-11-6-5-10-7-9-3-1-2-4-12(9)13(10)8-11/h2*1-19,31H;5-16H,1-4H3;1-12,21-22H;2-8H,9H2,1H3;1-6,8H,7H2. The molecule has 1 saturated heterocycles. The summed E-state index contributed by atoms with van der Waals surface area (Å²) >= 11 is 3.52. The number of fused-ring (bicyclic) bond motifs is 24. The number of nitrogens with one attached hydrogen (secondary N) is 2. The molecule has 0 unspecified atom stereocenters. The van der Waals surface area contributed by atoms with Crippen molar-refractivity contribution in [2.24, 2.45) is 0 Å². The van der Waals surface area contributed by atoms with Crippen LogP contribution in [-0.2, 0) is 22.2 Å². The Labute approximate surface area is 832 Å². The summed E-state index contributed by atoms with van der Waals surface area (Å²) in [5, 5.41) is 33.7. The SMILES string of the molecule is Brc1ccc2c(c1)-c1ccccc1C2.CC1(C)OB(c2ccc3c4ccccc4n(-c4ccccc4)c3c2)OC1(C)C.Cc1cccc2c1-c1ccccc1C2.OB(O)c1ccc2c(c1)c1ccccc1n2-c1ccccc1.c1ccc(-n2c3ccccc3c3cc(-c4ccc5[nH]c6ccccc6c5c4)ccc32)cc1.c1ccc(-n2c3ccccc3c3ccc(-c4cccc5[nH]c6ccccc6c45)cc32)cc1. The van der Waals surface area contributed by atoms with E-state index >= 15 is 0 Å². The summed E-state index contributed by atoms with van der Waals surface area (Å²) < 4.78 is 23.0. The fraction of sp³-hybridized carbons (Fsp3) is 0.0698. The Morgan fingerprint density at radius 3 is 1.23 bits per heavy atom. The van der Waals surface area contributed by atoms with Gasteiger partial charge in [-0.25, -0.2) is 0 Å². The van der Waals surface area contributed by atoms with Crippen molar-refractivity contribution >= 4 is 172 Å². The van der Waals surface area contributed by atoms with Crippen molar-refractivity contribution in [1.82, 2.24) is 28.2 Å². The smallest absolute Gasteiger partial charge is 0.423 e. The van der Waals surface area contributed by atoms with Crippen LogP contribution >= 0.6 is 15.9 Å². The molecule has 2 aliphatic carbocycles. The summed E-state index contributed by atoms with van der Waals surface area (Å²) in [6, 6.07) is 163. The second-order valence-electron chi connectivity index (χ2n) is 38.1. The largest absolute Gasteiger partial charge is 0.494 e. The summed E-state index contributed by atoms with van der Waals surface area (Å²) in [6.45, 7) is 10.6. The first kappa shape index (κ1) is 88.4. The van der Waals surface area contributed by atoms with Gasteiger partial charge in [-0.1, -0.05) is 331 Å². The third-order valence-electron chi connectivity index (χ3n) is 29.1. The predicted molar refractivity (Wildman–Crippen MR) is 600 cm³/mol. The van der Waals surface area contributed by atoms with Gasteiger partial charge < -0.3 is 47.6 Å². The summed E-state index contributed by atoms with van der Waals surface area (Å²) in [5.41, 5.74) is 37.5. The van der Waals surface area contributed by atoms with Crippen molar-refractivity contribution in [3.63, 3.8) is 0 Å². The molecule has 6 aromatic heterocycles. The van der Waals surface area contributed by atoms with Gasteiger partial charge in [0.25, 0.3) is 0 Å². The molecule has 1 fully saturated rings. The fourth-order valence-corrected chi connectivity index (χ4v) is 22.0. The lowest BCUT2D eigenvalue weighted by molar-refractivity contribution is 0.00578. The lowest BCUT2D eigenvalue weighted by Crippen LogP contribution is -2.41. The first-order valence-corrected chi connectivity index (χ1v) is 49.5. The van der Waals surface area contributed by atoms with E-state index in [2.05, 4.69) is 485 Å². The van der Waals surface area contributed by atoms with Crippen LogP contribution in [0.5, 0.6) is 0 Å². The second-order valence-corrected chi connectivity index (χ2v) is 39.1. The minimum atomic E-state index is -1.46. The number of nitrogens with zero attached hydrogens (tertiary/aromatic N) is 4. The third-order valence-corrected chi connectivity index (χ3v) is 29.6. The van der Waals surface area contributed by atoms with Crippen molar-refractivity contribution in [3.05, 3.63) is 493 Å². The molecule has 3 aliphatic rings. The van der Waals surface area contributed by atoms with E-state index in [-0.39, 0.29) is 18.3 Å². The lowest BCUT2D eigenvalue weighted by Gasteiger charge is -2.32. The molecule has 13 heteroatoms. The minimum absolute atomic E-state index is 0.348. The number of aromatic nitrogens is 6. The second kappa shape index (κ2) is 36.8. The molecule has 20 aromatic carbocycles. The first-order chi connectivity index (χ1) is 69.6. The Bertz CT molecular complexity index is 9320. The molecule has 1 aliphatic heterocycles. The van der Waals surface area contributed by atoms with Crippen molar-refractivity contribution in [2.45, 2.75) is 58.7 Å². The van der Waals surface area contributed by atoms with Crippen LogP contribution in [0, 0.1) is 6.92 Å². The molecule has 29 rings (SSSR count). The highest BCUT2D eigenvalue weighted by atomic mass is 79.9. The number of para-hydroxylation sites is 10. The zero-order chi connectivity index (χ0) is 95.9. The monoisotopic (exact) mass is 1900 g/mol. The Morgan fingerprint density at radius 1 is 0.275 bits per heavy atom.